The zero-order valence-electron chi connectivity index (χ0n) is 12.3. The number of carboxylic acids is 1. The van der Waals surface area contributed by atoms with Crippen molar-refractivity contribution in [2.75, 3.05) is 11.9 Å². The van der Waals surface area contributed by atoms with Gasteiger partial charge in [-0.25, -0.2) is 14.0 Å². The smallest absolute Gasteiger partial charge is 0.339 e. The van der Waals surface area contributed by atoms with Crippen molar-refractivity contribution >= 4 is 17.7 Å². The Morgan fingerprint density at radius 1 is 1.30 bits per heavy atom. The number of amides is 2. The average Bonchev–Trinajstić information content (AvgIpc) is 3.24. The third-order valence-corrected chi connectivity index (χ3v) is 3.66. The summed E-state index contributed by atoms with van der Waals surface area (Å²) in [5.41, 5.74) is 0.574. The topological polar surface area (TPSA) is 83.4 Å². The van der Waals surface area contributed by atoms with E-state index >= 15 is 0 Å². The van der Waals surface area contributed by atoms with Crippen molar-refractivity contribution in [2.24, 2.45) is 5.92 Å². The van der Waals surface area contributed by atoms with E-state index in [1.54, 1.807) is 6.07 Å². The molecule has 1 aromatic heterocycles. The van der Waals surface area contributed by atoms with Gasteiger partial charge in [0.25, 0.3) is 0 Å². The first kappa shape index (κ1) is 15.1. The maximum Gasteiger partial charge on any atom is 0.339 e. The van der Waals surface area contributed by atoms with Gasteiger partial charge in [-0.2, -0.15) is 0 Å². The third-order valence-electron chi connectivity index (χ3n) is 3.66. The van der Waals surface area contributed by atoms with E-state index < -0.39 is 17.8 Å². The van der Waals surface area contributed by atoms with Gasteiger partial charge < -0.3 is 20.3 Å². The number of anilines is 1. The van der Waals surface area contributed by atoms with E-state index in [-0.39, 0.29) is 11.3 Å². The number of nitrogens with one attached hydrogen (secondary N) is 2. The Morgan fingerprint density at radius 2 is 2.09 bits per heavy atom. The Labute approximate surface area is 131 Å². The minimum Gasteiger partial charge on any atom is -0.478 e. The molecule has 1 aromatic carbocycles. The summed E-state index contributed by atoms with van der Waals surface area (Å²) < 4.78 is 14.8. The normalized spacial score (nSPS) is 13.6. The largest absolute Gasteiger partial charge is 0.478 e. The van der Waals surface area contributed by atoms with Gasteiger partial charge in [0, 0.05) is 24.6 Å². The van der Waals surface area contributed by atoms with Crippen molar-refractivity contribution < 1.29 is 19.1 Å². The van der Waals surface area contributed by atoms with Crippen molar-refractivity contribution in [3.63, 3.8) is 0 Å². The maximum atomic E-state index is 13.3. The lowest BCUT2D eigenvalue weighted by atomic mass is 10.3. The fourth-order valence-corrected chi connectivity index (χ4v) is 2.24. The molecule has 0 spiro atoms. The minimum absolute atomic E-state index is 0.0594. The van der Waals surface area contributed by atoms with E-state index in [9.17, 15) is 19.1 Å². The van der Waals surface area contributed by atoms with Crippen LogP contribution in [0.25, 0.3) is 5.69 Å². The van der Waals surface area contributed by atoms with E-state index in [4.69, 9.17) is 0 Å². The Kier molecular flexibility index (Phi) is 4.01. The summed E-state index contributed by atoms with van der Waals surface area (Å²) in [4.78, 5) is 23.2. The molecule has 1 heterocycles. The number of halogens is 1. The number of hydrogen-bond acceptors (Lipinski definition) is 2. The van der Waals surface area contributed by atoms with Crippen LogP contribution in [0.1, 0.15) is 23.2 Å². The summed E-state index contributed by atoms with van der Waals surface area (Å²) in [5.74, 6) is -1.07. The van der Waals surface area contributed by atoms with Gasteiger partial charge >= 0.3 is 12.0 Å². The van der Waals surface area contributed by atoms with Crippen LogP contribution in [0, 0.1) is 11.7 Å². The van der Waals surface area contributed by atoms with E-state index in [1.165, 1.54) is 35.2 Å². The van der Waals surface area contributed by atoms with E-state index in [1.807, 2.05) is 0 Å². The van der Waals surface area contributed by atoms with Crippen LogP contribution in [0.4, 0.5) is 14.9 Å². The summed E-state index contributed by atoms with van der Waals surface area (Å²) >= 11 is 0. The first-order valence-electron chi connectivity index (χ1n) is 7.29. The number of aromatic nitrogens is 1. The molecule has 120 valence electrons. The molecule has 1 aliphatic rings. The number of urea groups is 1. The van der Waals surface area contributed by atoms with Crippen LogP contribution in [0.2, 0.25) is 0 Å². The lowest BCUT2D eigenvalue weighted by Crippen LogP contribution is -2.30. The summed E-state index contributed by atoms with van der Waals surface area (Å²) in [6.07, 6.45) is 5.01. The standard InChI is InChI=1S/C16H16FN3O3/c17-11-2-1-3-12(6-11)20-8-13(15(21)22)14(9-20)19-16(23)18-7-10-4-5-10/h1-3,6,8-10H,4-5,7H2,(H,21,22)(H2,18,19,23). The lowest BCUT2D eigenvalue weighted by Gasteiger charge is -2.06. The van der Waals surface area contributed by atoms with Crippen molar-refractivity contribution in [3.8, 4) is 5.69 Å². The molecular weight excluding hydrogens is 301 g/mol. The van der Waals surface area contributed by atoms with Gasteiger partial charge in [0.05, 0.1) is 5.69 Å². The monoisotopic (exact) mass is 317 g/mol. The number of benzene rings is 1. The Morgan fingerprint density at radius 3 is 2.74 bits per heavy atom. The molecule has 0 aliphatic heterocycles. The second-order valence-corrected chi connectivity index (χ2v) is 5.56. The maximum absolute atomic E-state index is 13.3. The Hall–Kier alpha value is -2.83. The highest BCUT2D eigenvalue weighted by molar-refractivity contribution is 6.00. The Balaban J connectivity index is 1.80. The van der Waals surface area contributed by atoms with Gasteiger partial charge in [-0.1, -0.05) is 6.07 Å². The van der Waals surface area contributed by atoms with Crippen molar-refractivity contribution in [3.05, 3.63) is 48.0 Å². The molecule has 0 radical (unpaired) electrons. The Bertz CT molecular complexity index is 753. The molecule has 3 N–H and O–H groups in total. The molecule has 3 rings (SSSR count). The highest BCUT2D eigenvalue weighted by atomic mass is 19.1. The average molecular weight is 317 g/mol. The number of carboxylic acid groups (broad SMARTS) is 1. The SMILES string of the molecule is O=C(NCC1CC1)Nc1cn(-c2cccc(F)c2)cc1C(=O)O. The highest BCUT2D eigenvalue weighted by Gasteiger charge is 2.22. The molecule has 0 atom stereocenters. The zero-order chi connectivity index (χ0) is 16.4. The van der Waals surface area contributed by atoms with Crippen molar-refractivity contribution in [2.45, 2.75) is 12.8 Å². The fourth-order valence-electron chi connectivity index (χ4n) is 2.24. The molecule has 0 saturated heterocycles. The molecule has 1 saturated carbocycles. The predicted molar refractivity (Wildman–Crippen MR) is 82.4 cm³/mol. The van der Waals surface area contributed by atoms with Crippen molar-refractivity contribution in [1.29, 1.82) is 0 Å². The molecule has 7 heteroatoms. The molecule has 0 bridgehead atoms. The molecule has 0 unspecified atom stereocenters. The zero-order valence-corrected chi connectivity index (χ0v) is 12.3. The molecule has 1 fully saturated rings. The number of hydrogen-bond donors (Lipinski definition) is 3. The fraction of sp³-hybridized carbons (Fsp3) is 0.250. The molecule has 23 heavy (non-hydrogen) atoms. The first-order chi connectivity index (χ1) is 11.0. The van der Waals surface area contributed by atoms with Crippen LogP contribution in [0.3, 0.4) is 0 Å². The number of rotatable bonds is 5. The highest BCUT2D eigenvalue weighted by Crippen LogP contribution is 2.27. The summed E-state index contributed by atoms with van der Waals surface area (Å²) in [6, 6.07) is 5.31. The molecule has 1 aliphatic carbocycles. The number of nitrogens with zero attached hydrogens (tertiary/aromatic N) is 1. The van der Waals surface area contributed by atoms with Crippen LogP contribution < -0.4 is 10.6 Å². The first-order valence-corrected chi connectivity index (χ1v) is 7.29. The second kappa shape index (κ2) is 6.12. The molecule has 2 amide bonds. The van der Waals surface area contributed by atoms with Gasteiger partial charge in [-0.05, 0) is 37.0 Å². The summed E-state index contributed by atoms with van der Waals surface area (Å²) in [5, 5.41) is 14.5. The van der Waals surface area contributed by atoms with E-state index in [0.717, 1.165) is 12.8 Å². The second-order valence-electron chi connectivity index (χ2n) is 5.56. The van der Waals surface area contributed by atoms with Crippen LogP contribution in [0.5, 0.6) is 0 Å². The van der Waals surface area contributed by atoms with Crippen LogP contribution >= 0.6 is 0 Å². The van der Waals surface area contributed by atoms with Crippen LogP contribution in [0.15, 0.2) is 36.7 Å². The summed E-state index contributed by atoms with van der Waals surface area (Å²) in [7, 11) is 0. The van der Waals surface area contributed by atoms with E-state index in [2.05, 4.69) is 10.6 Å². The molecular formula is C16H16FN3O3. The number of carbonyl (C=O) groups is 2. The van der Waals surface area contributed by atoms with Crippen molar-refractivity contribution in [1.82, 2.24) is 9.88 Å². The summed E-state index contributed by atoms with van der Waals surface area (Å²) in [6.45, 7) is 0.582. The van der Waals surface area contributed by atoms with Gasteiger partial charge in [-0.3, -0.25) is 0 Å². The van der Waals surface area contributed by atoms with Gasteiger partial charge in [0.15, 0.2) is 0 Å². The predicted octanol–water partition coefficient (Wildman–Crippen LogP) is 2.85. The van der Waals surface area contributed by atoms with Gasteiger partial charge in [-0.15, -0.1) is 0 Å². The molecule has 2 aromatic rings. The third kappa shape index (κ3) is 3.68. The van der Waals surface area contributed by atoms with Gasteiger partial charge in [0.2, 0.25) is 0 Å². The lowest BCUT2D eigenvalue weighted by molar-refractivity contribution is 0.0698. The minimum atomic E-state index is -1.17. The van der Waals surface area contributed by atoms with Crippen LogP contribution in [-0.4, -0.2) is 28.2 Å². The number of carbonyl (C=O) groups excluding carboxylic acids is 1. The number of aromatic carboxylic acids is 1. The van der Waals surface area contributed by atoms with Gasteiger partial charge in [0.1, 0.15) is 11.4 Å². The van der Waals surface area contributed by atoms with Crippen LogP contribution in [-0.2, 0) is 0 Å². The van der Waals surface area contributed by atoms with E-state index in [0.29, 0.717) is 18.2 Å². The molecule has 6 nitrogen and oxygen atoms in total. The quantitative estimate of drug-likeness (QED) is 0.793.